The molecule has 2 rings (SSSR count). The molecule has 0 amide bonds. The molecule has 0 unspecified atom stereocenters. The molecule has 5 heteroatoms. The van der Waals surface area contributed by atoms with Crippen LogP contribution in [0.5, 0.6) is 5.75 Å². The Morgan fingerprint density at radius 2 is 2.05 bits per heavy atom. The summed E-state index contributed by atoms with van der Waals surface area (Å²) in [5.74, 6) is 2.13. The van der Waals surface area contributed by atoms with Crippen molar-refractivity contribution in [2.75, 3.05) is 7.11 Å². The van der Waals surface area contributed by atoms with E-state index in [1.807, 2.05) is 26.0 Å². The Morgan fingerprint density at radius 3 is 2.60 bits per heavy atom. The lowest BCUT2D eigenvalue weighted by atomic mass is 10.1. The number of nitrogens with zero attached hydrogens (tertiary/aromatic N) is 3. The van der Waals surface area contributed by atoms with Crippen LogP contribution in [0.3, 0.4) is 0 Å². The van der Waals surface area contributed by atoms with Crippen LogP contribution in [0, 0.1) is 0 Å². The maximum absolute atomic E-state index is 12.0. The number of methoxy groups -OCH3 is 1. The molecule has 0 radical (unpaired) electrons. The van der Waals surface area contributed by atoms with E-state index < -0.39 is 0 Å². The van der Waals surface area contributed by atoms with Crippen LogP contribution in [-0.4, -0.2) is 27.7 Å². The van der Waals surface area contributed by atoms with Gasteiger partial charge in [0.2, 0.25) is 0 Å². The zero-order valence-electron chi connectivity index (χ0n) is 12.3. The Bertz CT molecular complexity index is 632. The minimum atomic E-state index is -0.0481. The molecule has 1 aromatic carbocycles. The topological polar surface area (TPSA) is 57.0 Å². The van der Waals surface area contributed by atoms with Gasteiger partial charge in [0.1, 0.15) is 11.6 Å². The third kappa shape index (κ3) is 2.43. The largest absolute Gasteiger partial charge is 0.496 e. The lowest BCUT2D eigenvalue weighted by Gasteiger charge is -2.12. The van der Waals surface area contributed by atoms with Gasteiger partial charge >= 0.3 is 0 Å². The SMILES string of the molecule is CCc1nc(CC)n(-c2cccc(OC)c2C(C)=O)n1. The zero-order valence-corrected chi connectivity index (χ0v) is 12.3. The molecule has 0 saturated carbocycles. The summed E-state index contributed by atoms with van der Waals surface area (Å²) in [7, 11) is 1.56. The molecule has 20 heavy (non-hydrogen) atoms. The van der Waals surface area contributed by atoms with E-state index in [1.165, 1.54) is 6.92 Å². The molecule has 0 bridgehead atoms. The lowest BCUT2D eigenvalue weighted by Crippen LogP contribution is -2.09. The van der Waals surface area contributed by atoms with Crippen molar-refractivity contribution < 1.29 is 9.53 Å². The Kier molecular flexibility index (Phi) is 4.17. The molecule has 1 heterocycles. The van der Waals surface area contributed by atoms with Gasteiger partial charge in [-0.2, -0.15) is 5.10 Å². The smallest absolute Gasteiger partial charge is 0.165 e. The van der Waals surface area contributed by atoms with E-state index in [-0.39, 0.29) is 5.78 Å². The van der Waals surface area contributed by atoms with E-state index in [0.29, 0.717) is 11.3 Å². The molecule has 0 aliphatic rings. The standard InChI is InChI=1S/C15H19N3O2/c1-5-13-16-14(6-2)18(17-13)11-8-7-9-12(20-4)15(11)10(3)19/h7-9H,5-6H2,1-4H3. The van der Waals surface area contributed by atoms with Gasteiger partial charge < -0.3 is 4.74 Å². The summed E-state index contributed by atoms with van der Waals surface area (Å²) in [6.07, 6.45) is 1.51. The summed E-state index contributed by atoms with van der Waals surface area (Å²) < 4.78 is 7.04. The second kappa shape index (κ2) is 5.86. The van der Waals surface area contributed by atoms with Gasteiger partial charge in [-0.05, 0) is 19.1 Å². The fourth-order valence-corrected chi connectivity index (χ4v) is 2.18. The van der Waals surface area contributed by atoms with Crippen molar-refractivity contribution in [3.63, 3.8) is 0 Å². The average Bonchev–Trinajstić information content (AvgIpc) is 2.89. The number of Topliss-reactive ketones (excluding diaryl/α,β-unsaturated/α-hetero) is 1. The molecule has 0 N–H and O–H groups in total. The van der Waals surface area contributed by atoms with Gasteiger partial charge in [0.05, 0.1) is 18.4 Å². The number of ether oxygens (including phenoxy) is 1. The highest BCUT2D eigenvalue weighted by molar-refractivity contribution is 6.00. The number of benzene rings is 1. The van der Waals surface area contributed by atoms with Crippen LogP contribution in [-0.2, 0) is 12.8 Å². The van der Waals surface area contributed by atoms with Gasteiger partial charge in [0.25, 0.3) is 0 Å². The van der Waals surface area contributed by atoms with Gasteiger partial charge in [0.15, 0.2) is 11.6 Å². The molecule has 0 saturated heterocycles. The quantitative estimate of drug-likeness (QED) is 0.786. The molecule has 0 spiro atoms. The second-order valence-corrected chi connectivity index (χ2v) is 4.47. The Labute approximate surface area is 118 Å². The highest BCUT2D eigenvalue weighted by atomic mass is 16.5. The summed E-state index contributed by atoms with van der Waals surface area (Å²) in [6.45, 7) is 5.56. The molecule has 5 nitrogen and oxygen atoms in total. The highest BCUT2D eigenvalue weighted by Crippen LogP contribution is 2.26. The maximum atomic E-state index is 12.0. The Morgan fingerprint density at radius 1 is 1.30 bits per heavy atom. The van der Waals surface area contributed by atoms with Crippen molar-refractivity contribution in [2.24, 2.45) is 0 Å². The molecule has 0 fully saturated rings. The first-order chi connectivity index (χ1) is 9.62. The minimum absolute atomic E-state index is 0.0481. The fraction of sp³-hybridized carbons (Fsp3) is 0.400. The average molecular weight is 273 g/mol. The number of rotatable bonds is 5. The Hall–Kier alpha value is -2.17. The van der Waals surface area contributed by atoms with Crippen molar-refractivity contribution in [1.82, 2.24) is 14.8 Å². The molecular formula is C15H19N3O2. The predicted octanol–water partition coefficient (Wildman–Crippen LogP) is 2.60. The molecule has 2 aromatic rings. The van der Waals surface area contributed by atoms with E-state index in [1.54, 1.807) is 17.9 Å². The van der Waals surface area contributed by atoms with E-state index in [2.05, 4.69) is 10.1 Å². The molecular weight excluding hydrogens is 254 g/mol. The van der Waals surface area contributed by atoms with Crippen LogP contribution in [0.4, 0.5) is 0 Å². The van der Waals surface area contributed by atoms with Crippen molar-refractivity contribution in [1.29, 1.82) is 0 Å². The summed E-state index contributed by atoms with van der Waals surface area (Å²) in [4.78, 5) is 16.4. The van der Waals surface area contributed by atoms with E-state index in [9.17, 15) is 4.79 Å². The van der Waals surface area contributed by atoms with E-state index >= 15 is 0 Å². The third-order valence-electron chi connectivity index (χ3n) is 3.15. The van der Waals surface area contributed by atoms with Crippen LogP contribution >= 0.6 is 0 Å². The number of aromatic nitrogens is 3. The Balaban J connectivity index is 2.69. The normalized spacial score (nSPS) is 10.6. The first-order valence-electron chi connectivity index (χ1n) is 6.75. The first-order valence-corrected chi connectivity index (χ1v) is 6.75. The lowest BCUT2D eigenvalue weighted by molar-refractivity contribution is 0.101. The molecule has 0 aliphatic heterocycles. The maximum Gasteiger partial charge on any atom is 0.165 e. The molecule has 0 atom stereocenters. The van der Waals surface area contributed by atoms with Crippen LogP contribution in [0.15, 0.2) is 18.2 Å². The minimum Gasteiger partial charge on any atom is -0.496 e. The van der Waals surface area contributed by atoms with Crippen molar-refractivity contribution >= 4 is 5.78 Å². The molecule has 106 valence electrons. The molecule has 1 aromatic heterocycles. The van der Waals surface area contributed by atoms with Crippen molar-refractivity contribution in [2.45, 2.75) is 33.6 Å². The third-order valence-corrected chi connectivity index (χ3v) is 3.15. The van der Waals surface area contributed by atoms with Gasteiger partial charge in [-0.1, -0.05) is 19.9 Å². The number of ketones is 1. The predicted molar refractivity (Wildman–Crippen MR) is 76.7 cm³/mol. The number of hydrogen-bond donors (Lipinski definition) is 0. The highest BCUT2D eigenvalue weighted by Gasteiger charge is 2.18. The summed E-state index contributed by atoms with van der Waals surface area (Å²) in [6, 6.07) is 5.50. The summed E-state index contributed by atoms with van der Waals surface area (Å²) in [5, 5.41) is 4.49. The number of aryl methyl sites for hydroxylation is 2. The van der Waals surface area contributed by atoms with Crippen LogP contribution in [0.1, 0.15) is 42.8 Å². The number of carbonyl (C=O) groups excluding carboxylic acids is 1. The van der Waals surface area contributed by atoms with Crippen molar-refractivity contribution in [3.8, 4) is 11.4 Å². The monoisotopic (exact) mass is 273 g/mol. The van der Waals surface area contributed by atoms with Gasteiger partial charge in [-0.25, -0.2) is 9.67 Å². The zero-order chi connectivity index (χ0) is 14.7. The first kappa shape index (κ1) is 14.2. The fourth-order valence-electron chi connectivity index (χ4n) is 2.18. The van der Waals surface area contributed by atoms with Crippen LogP contribution < -0.4 is 4.74 Å². The number of hydrogen-bond acceptors (Lipinski definition) is 4. The summed E-state index contributed by atoms with van der Waals surface area (Å²) >= 11 is 0. The summed E-state index contributed by atoms with van der Waals surface area (Å²) in [5.41, 5.74) is 1.26. The van der Waals surface area contributed by atoms with Gasteiger partial charge in [-0.3, -0.25) is 4.79 Å². The molecule has 0 aliphatic carbocycles. The van der Waals surface area contributed by atoms with Crippen LogP contribution in [0.25, 0.3) is 5.69 Å². The van der Waals surface area contributed by atoms with Gasteiger partial charge in [0, 0.05) is 12.8 Å². The number of carbonyl (C=O) groups is 1. The van der Waals surface area contributed by atoms with E-state index in [4.69, 9.17) is 4.74 Å². The van der Waals surface area contributed by atoms with Crippen LogP contribution in [0.2, 0.25) is 0 Å². The van der Waals surface area contributed by atoms with Gasteiger partial charge in [-0.15, -0.1) is 0 Å². The van der Waals surface area contributed by atoms with Crippen molar-refractivity contribution in [3.05, 3.63) is 35.4 Å². The second-order valence-electron chi connectivity index (χ2n) is 4.47. The van der Waals surface area contributed by atoms with E-state index in [0.717, 1.165) is 30.2 Å².